The molecule has 0 aliphatic rings. The van der Waals surface area contributed by atoms with Crippen LogP contribution in [0.15, 0.2) is 88.7 Å². The third-order valence-electron chi connectivity index (χ3n) is 6.57. The van der Waals surface area contributed by atoms with E-state index in [1.54, 1.807) is 24.4 Å². The molecule has 0 amide bonds. The number of nitriles is 1. The highest BCUT2D eigenvalue weighted by Crippen LogP contribution is 2.28. The van der Waals surface area contributed by atoms with Gasteiger partial charge in [-0.3, -0.25) is 24.3 Å². The number of pyridine rings is 3. The second kappa shape index (κ2) is 8.21. The highest BCUT2D eigenvalue weighted by molar-refractivity contribution is 6.02. The first kappa shape index (κ1) is 22.3. The van der Waals surface area contributed by atoms with E-state index in [1.165, 1.54) is 10.8 Å². The van der Waals surface area contributed by atoms with Crippen LogP contribution in [0.5, 0.6) is 0 Å². The molecule has 2 aromatic carbocycles. The van der Waals surface area contributed by atoms with Crippen LogP contribution in [0, 0.1) is 11.3 Å². The van der Waals surface area contributed by atoms with Gasteiger partial charge in [0, 0.05) is 23.3 Å². The van der Waals surface area contributed by atoms with Crippen molar-refractivity contribution in [2.45, 2.75) is 19.3 Å². The van der Waals surface area contributed by atoms with Crippen molar-refractivity contribution in [3.8, 4) is 23.0 Å². The summed E-state index contributed by atoms with van der Waals surface area (Å²) in [5.74, 6) is 0. The van der Waals surface area contributed by atoms with Crippen molar-refractivity contribution in [2.24, 2.45) is 0 Å². The number of rotatable bonds is 3. The van der Waals surface area contributed by atoms with Crippen LogP contribution in [-0.4, -0.2) is 24.5 Å². The molecular formula is C29H20N6O2. The van der Waals surface area contributed by atoms with Crippen LogP contribution in [0.1, 0.15) is 19.4 Å². The van der Waals surface area contributed by atoms with Gasteiger partial charge >= 0.3 is 5.69 Å². The fraction of sp³-hybridized carbons (Fsp3) is 0.103. The highest BCUT2D eigenvalue weighted by Gasteiger charge is 2.21. The highest BCUT2D eigenvalue weighted by atomic mass is 16.2. The van der Waals surface area contributed by atoms with Crippen molar-refractivity contribution in [2.75, 3.05) is 0 Å². The summed E-state index contributed by atoms with van der Waals surface area (Å²) < 4.78 is 1.42. The lowest BCUT2D eigenvalue weighted by Gasteiger charge is -2.18. The van der Waals surface area contributed by atoms with Crippen molar-refractivity contribution in [3.63, 3.8) is 0 Å². The molecular weight excluding hydrogens is 464 g/mol. The summed E-state index contributed by atoms with van der Waals surface area (Å²) >= 11 is 0. The van der Waals surface area contributed by atoms with Crippen LogP contribution in [0.3, 0.4) is 0 Å². The Morgan fingerprint density at radius 1 is 0.919 bits per heavy atom. The van der Waals surface area contributed by atoms with Gasteiger partial charge in [-0.1, -0.05) is 30.3 Å². The van der Waals surface area contributed by atoms with Gasteiger partial charge < -0.3 is 0 Å². The van der Waals surface area contributed by atoms with E-state index in [0.717, 1.165) is 22.0 Å². The number of aromatic amines is 1. The molecule has 0 aliphatic carbocycles. The Bertz CT molecular complexity index is 2030. The standard InChI is InChI=1S/C29H20N6O2/c1-29(2,16-30)19-7-5-8-20(13-19)35-26-21(27(36)34-28(35)37)15-32-24-11-10-23(33-25(24)26)18-12-17-6-3-4-9-22(17)31-14-18/h3-15H,1-2H3,(H,34,36,37). The Balaban J connectivity index is 1.67. The first-order chi connectivity index (χ1) is 17.9. The molecule has 178 valence electrons. The van der Waals surface area contributed by atoms with E-state index in [4.69, 9.17) is 4.98 Å². The molecule has 0 spiro atoms. The molecule has 4 aromatic heterocycles. The third kappa shape index (κ3) is 3.65. The van der Waals surface area contributed by atoms with Crippen molar-refractivity contribution < 1.29 is 0 Å². The molecule has 6 rings (SSSR count). The van der Waals surface area contributed by atoms with Crippen molar-refractivity contribution >= 4 is 32.8 Å². The number of hydrogen-bond acceptors (Lipinski definition) is 6. The molecule has 37 heavy (non-hydrogen) atoms. The van der Waals surface area contributed by atoms with Crippen LogP contribution < -0.4 is 11.2 Å². The van der Waals surface area contributed by atoms with Gasteiger partial charge in [0.05, 0.1) is 44.8 Å². The molecule has 6 aromatic rings. The van der Waals surface area contributed by atoms with Gasteiger partial charge in [0.15, 0.2) is 0 Å². The maximum Gasteiger partial charge on any atom is 0.333 e. The largest absolute Gasteiger partial charge is 0.333 e. The lowest BCUT2D eigenvalue weighted by molar-refractivity contribution is 0.686. The summed E-state index contributed by atoms with van der Waals surface area (Å²) in [6.45, 7) is 3.62. The fourth-order valence-corrected chi connectivity index (χ4v) is 4.48. The first-order valence-corrected chi connectivity index (χ1v) is 11.7. The maximum absolute atomic E-state index is 13.2. The number of fused-ring (bicyclic) bond motifs is 4. The zero-order chi connectivity index (χ0) is 25.7. The minimum Gasteiger partial charge on any atom is -0.273 e. The summed E-state index contributed by atoms with van der Waals surface area (Å²) in [6, 6.07) is 22.9. The Labute approximate surface area is 210 Å². The molecule has 0 aliphatic heterocycles. The van der Waals surface area contributed by atoms with E-state index in [0.29, 0.717) is 27.9 Å². The first-order valence-electron chi connectivity index (χ1n) is 11.7. The third-order valence-corrected chi connectivity index (χ3v) is 6.57. The number of nitrogens with one attached hydrogen (secondary N) is 1. The van der Waals surface area contributed by atoms with Gasteiger partial charge in [-0.15, -0.1) is 0 Å². The SMILES string of the molecule is CC(C)(C#N)c1cccc(-n2c(=O)[nH]c(=O)c3cnc4ccc(-c5cnc6ccccc6c5)nc4c32)c1. The monoisotopic (exact) mass is 484 g/mol. The molecule has 0 atom stereocenters. The van der Waals surface area contributed by atoms with E-state index in [-0.39, 0.29) is 5.39 Å². The summed E-state index contributed by atoms with van der Waals surface area (Å²) in [5.41, 5.74) is 2.96. The lowest BCUT2D eigenvalue weighted by Crippen LogP contribution is -2.30. The van der Waals surface area contributed by atoms with Crippen molar-refractivity contribution in [1.82, 2.24) is 24.5 Å². The van der Waals surface area contributed by atoms with Crippen molar-refractivity contribution in [1.29, 1.82) is 5.26 Å². The zero-order valence-electron chi connectivity index (χ0n) is 20.1. The zero-order valence-corrected chi connectivity index (χ0v) is 20.1. The second-order valence-electron chi connectivity index (χ2n) is 9.38. The van der Waals surface area contributed by atoms with Gasteiger partial charge in [-0.25, -0.2) is 9.78 Å². The number of aromatic nitrogens is 5. The van der Waals surface area contributed by atoms with E-state index < -0.39 is 16.7 Å². The number of nitrogens with zero attached hydrogens (tertiary/aromatic N) is 5. The molecule has 1 N–H and O–H groups in total. The minimum absolute atomic E-state index is 0.235. The van der Waals surface area contributed by atoms with E-state index in [1.807, 2.05) is 62.4 Å². The summed E-state index contributed by atoms with van der Waals surface area (Å²) in [5, 5.41) is 10.8. The summed E-state index contributed by atoms with van der Waals surface area (Å²) in [6.07, 6.45) is 3.21. The Kier molecular flexibility index (Phi) is 4.95. The van der Waals surface area contributed by atoms with Gasteiger partial charge in [-0.2, -0.15) is 5.26 Å². The molecule has 0 radical (unpaired) electrons. The smallest absolute Gasteiger partial charge is 0.273 e. The van der Waals surface area contributed by atoms with E-state index >= 15 is 0 Å². The van der Waals surface area contributed by atoms with Gasteiger partial charge in [0.2, 0.25) is 0 Å². The Morgan fingerprint density at radius 3 is 2.57 bits per heavy atom. The molecule has 4 heterocycles. The molecule has 0 saturated carbocycles. The molecule has 8 heteroatoms. The van der Waals surface area contributed by atoms with Gasteiger partial charge in [-0.05, 0) is 55.8 Å². The topological polar surface area (TPSA) is 117 Å². The molecule has 0 unspecified atom stereocenters. The van der Waals surface area contributed by atoms with Gasteiger partial charge in [0.25, 0.3) is 5.56 Å². The summed E-state index contributed by atoms with van der Waals surface area (Å²) in [4.78, 5) is 42.3. The number of hydrogen-bond donors (Lipinski definition) is 1. The number of benzene rings is 2. The lowest BCUT2D eigenvalue weighted by atomic mass is 9.86. The predicted octanol–water partition coefficient (Wildman–Crippen LogP) is 4.64. The maximum atomic E-state index is 13.2. The van der Waals surface area contributed by atoms with E-state index in [9.17, 15) is 14.9 Å². The number of para-hydroxylation sites is 1. The minimum atomic E-state index is -0.768. The summed E-state index contributed by atoms with van der Waals surface area (Å²) in [7, 11) is 0. The van der Waals surface area contributed by atoms with Gasteiger partial charge in [0.1, 0.15) is 5.52 Å². The number of H-pyrrole nitrogens is 1. The molecule has 0 fully saturated rings. The average Bonchev–Trinajstić information content (AvgIpc) is 2.92. The second-order valence-corrected chi connectivity index (χ2v) is 9.38. The average molecular weight is 485 g/mol. The quantitative estimate of drug-likeness (QED) is 0.366. The van der Waals surface area contributed by atoms with Crippen LogP contribution >= 0.6 is 0 Å². The predicted molar refractivity (Wildman–Crippen MR) is 143 cm³/mol. The molecule has 0 bridgehead atoms. The van der Waals surface area contributed by atoms with Crippen LogP contribution in [0.4, 0.5) is 0 Å². The van der Waals surface area contributed by atoms with Crippen LogP contribution in [-0.2, 0) is 5.41 Å². The Morgan fingerprint density at radius 2 is 1.73 bits per heavy atom. The van der Waals surface area contributed by atoms with Crippen LogP contribution in [0.25, 0.3) is 49.8 Å². The molecule has 8 nitrogen and oxygen atoms in total. The van der Waals surface area contributed by atoms with E-state index in [2.05, 4.69) is 21.0 Å². The Hall–Kier alpha value is -5.16. The van der Waals surface area contributed by atoms with Crippen LogP contribution in [0.2, 0.25) is 0 Å². The molecule has 0 saturated heterocycles. The fourth-order valence-electron chi connectivity index (χ4n) is 4.48. The normalized spacial score (nSPS) is 11.7. The van der Waals surface area contributed by atoms with Crippen molar-refractivity contribution in [3.05, 3.63) is 106 Å².